The summed E-state index contributed by atoms with van der Waals surface area (Å²) in [6.07, 6.45) is -11.2. The van der Waals surface area contributed by atoms with Crippen molar-refractivity contribution in [3.05, 3.63) is 0 Å². The van der Waals surface area contributed by atoms with Crippen molar-refractivity contribution >= 4 is 87.6 Å². The van der Waals surface area contributed by atoms with E-state index in [0.29, 0.717) is 0 Å². The maximum absolute atomic E-state index is 15.5. The van der Waals surface area contributed by atoms with Crippen LogP contribution in [0.4, 0.5) is 4.79 Å². The summed E-state index contributed by atoms with van der Waals surface area (Å²) in [5.74, 6) is -8.75. The number of amides is 5. The summed E-state index contributed by atoms with van der Waals surface area (Å²) in [7, 11) is -4.26. The fourth-order valence-corrected chi connectivity index (χ4v) is 13.2. The predicted molar refractivity (Wildman–Crippen MR) is 425 cm³/mol. The summed E-state index contributed by atoms with van der Waals surface area (Å²) in [6, 6.07) is -1.03. The Hall–Kier alpha value is -7.22. The number of carbonyl (C=O) groups is 13. The topological polar surface area (TPSA) is 420 Å². The first-order valence-corrected chi connectivity index (χ1v) is 41.5. The molecule has 0 aliphatic carbocycles. The molecule has 1 heterocycles. The number of esters is 9. The van der Waals surface area contributed by atoms with Gasteiger partial charge < -0.3 is 73.9 Å². The molecular formula is C82H143N5O26S. The van der Waals surface area contributed by atoms with Crippen molar-refractivity contribution < 1.29 is 123 Å². The van der Waals surface area contributed by atoms with Crippen molar-refractivity contribution in [3.63, 3.8) is 0 Å². The maximum Gasteiger partial charge on any atom is 0.318 e. The molecule has 658 valence electrons. The van der Waals surface area contributed by atoms with Crippen molar-refractivity contribution in [3.8, 4) is 0 Å². The molecule has 0 unspecified atom stereocenters. The summed E-state index contributed by atoms with van der Waals surface area (Å²) < 4.78 is 81.7. The molecule has 1 saturated heterocycles. The molecule has 5 N–H and O–H groups in total. The van der Waals surface area contributed by atoms with Crippen LogP contribution in [0.1, 0.15) is 341 Å². The van der Waals surface area contributed by atoms with Crippen molar-refractivity contribution in [2.75, 3.05) is 19.3 Å². The van der Waals surface area contributed by atoms with Gasteiger partial charge in [0, 0.05) is 99.2 Å². The van der Waals surface area contributed by atoms with E-state index in [-0.39, 0.29) is 116 Å². The number of aliphatic hydroxyl groups is 1. The van der Waals surface area contributed by atoms with E-state index >= 15 is 19.2 Å². The fraction of sp³-hybridized carbons (Fsp3) is 0.841. The Kier molecular flexibility index (Phi) is 39.3. The smallest absolute Gasteiger partial charge is 0.318 e. The van der Waals surface area contributed by atoms with Gasteiger partial charge in [-0.05, 0) is 264 Å². The second-order valence-electron chi connectivity index (χ2n) is 39.3. The molecule has 1 rings (SSSR count). The third-order valence-corrected chi connectivity index (χ3v) is 17.5. The normalized spacial score (nSPS) is 15.1. The van der Waals surface area contributed by atoms with Crippen LogP contribution in [0.25, 0.3) is 0 Å². The van der Waals surface area contributed by atoms with Crippen LogP contribution in [0.2, 0.25) is 0 Å². The van der Waals surface area contributed by atoms with Crippen molar-refractivity contribution in [1.82, 2.24) is 26.2 Å². The number of rotatable bonds is 42. The van der Waals surface area contributed by atoms with E-state index < -0.39 is 224 Å². The first-order valence-electron chi connectivity index (χ1n) is 39.7. The molecule has 2 atom stereocenters. The van der Waals surface area contributed by atoms with Crippen LogP contribution in [0.15, 0.2) is 0 Å². The highest BCUT2D eigenvalue weighted by molar-refractivity contribution is 7.86. The van der Waals surface area contributed by atoms with Crippen LogP contribution in [0, 0.1) is 0 Å². The third-order valence-electron chi connectivity index (χ3n) is 16.9. The summed E-state index contributed by atoms with van der Waals surface area (Å²) in [6.45, 7) is 43.6. The molecule has 5 amide bonds. The molecule has 0 spiro atoms. The number of hydrogen-bond acceptors (Lipinski definition) is 26. The Balaban J connectivity index is 4.90. The van der Waals surface area contributed by atoms with Crippen molar-refractivity contribution in [1.29, 1.82) is 0 Å². The molecule has 1 fully saturated rings. The number of likely N-dealkylation sites (tertiary alicyclic amines) is 1. The highest BCUT2D eigenvalue weighted by atomic mass is 32.2. The van der Waals surface area contributed by atoms with E-state index in [1.165, 1.54) is 0 Å². The van der Waals surface area contributed by atoms with Gasteiger partial charge in [0.15, 0.2) is 0 Å². The van der Waals surface area contributed by atoms with E-state index in [2.05, 4.69) is 21.3 Å². The highest BCUT2D eigenvalue weighted by Crippen LogP contribution is 2.36. The fourth-order valence-electron chi connectivity index (χ4n) is 12.5. The lowest BCUT2D eigenvalue weighted by Gasteiger charge is -2.40. The van der Waals surface area contributed by atoms with Gasteiger partial charge in [0.1, 0.15) is 62.6 Å². The summed E-state index contributed by atoms with van der Waals surface area (Å²) in [4.78, 5) is 187. The van der Waals surface area contributed by atoms with Gasteiger partial charge in [0.2, 0.25) is 17.7 Å². The van der Waals surface area contributed by atoms with Gasteiger partial charge >= 0.3 is 59.8 Å². The molecule has 1 aliphatic heterocycles. The Morgan fingerprint density at radius 1 is 0.281 bits per heavy atom. The minimum Gasteiger partial charge on any atom is -0.460 e. The van der Waals surface area contributed by atoms with E-state index in [0.717, 1.165) is 11.2 Å². The lowest BCUT2D eigenvalue weighted by Crippen LogP contribution is -2.56. The summed E-state index contributed by atoms with van der Waals surface area (Å²) in [5.41, 5.74) is -15.7. The van der Waals surface area contributed by atoms with E-state index in [4.69, 9.17) is 46.8 Å². The van der Waals surface area contributed by atoms with Crippen molar-refractivity contribution in [2.45, 2.75) is 426 Å². The largest absolute Gasteiger partial charge is 0.460 e. The lowest BCUT2D eigenvalue weighted by atomic mass is 9.80. The molecular weight excluding hydrogens is 1500 g/mol. The molecule has 0 bridgehead atoms. The second kappa shape index (κ2) is 42.8. The number of aliphatic hydroxyl groups excluding tert-OH is 1. The van der Waals surface area contributed by atoms with E-state index in [1.807, 2.05) is 0 Å². The maximum atomic E-state index is 15.5. The monoisotopic (exact) mass is 1650 g/mol. The van der Waals surface area contributed by atoms with Gasteiger partial charge in [-0.3, -0.25) is 61.7 Å². The summed E-state index contributed by atoms with van der Waals surface area (Å²) in [5, 5.41) is 23.4. The number of nitrogens with zero attached hydrogens (tertiary/aromatic N) is 1. The SMILES string of the molecule is CC(C)(C)OC(=O)CCC(CCC(=O)OC(C)(C)C)(CCC(=O)OC(C)(C)C)NC(=O)CCC(CCC(=O)NC(CCC(=O)OC(C)(C)C)(CCC(=O)OC(C)(C)C)CCC(=O)OC(C)(C)C)(CCC(=O)NC(CCC(=O)OC(C)(C)C)(CCC(=O)OC(C)(C)C)CCC(=O)OC(C)(C)C)NC(=O)N1C[C@H](OS(C)(=O)=O)[C@@H](O)C1. The van der Waals surface area contributed by atoms with Crippen LogP contribution < -0.4 is 21.3 Å². The molecule has 0 radical (unpaired) electrons. The number of hydrogen-bond donors (Lipinski definition) is 5. The summed E-state index contributed by atoms with van der Waals surface area (Å²) >= 11 is 0. The van der Waals surface area contributed by atoms with E-state index in [9.17, 15) is 56.7 Å². The van der Waals surface area contributed by atoms with Crippen LogP contribution >= 0.6 is 0 Å². The zero-order chi connectivity index (χ0) is 88.5. The zero-order valence-corrected chi connectivity index (χ0v) is 74.9. The number of β-amino-alcohol motifs (C(OH)–C–C–N with tert-alkyl or cyclic N) is 1. The van der Waals surface area contributed by atoms with Gasteiger partial charge in [-0.1, -0.05) is 0 Å². The second-order valence-corrected chi connectivity index (χ2v) is 40.9. The highest BCUT2D eigenvalue weighted by Gasteiger charge is 2.45. The van der Waals surface area contributed by atoms with Gasteiger partial charge in [-0.2, -0.15) is 8.42 Å². The average molecular weight is 1650 g/mol. The molecule has 114 heavy (non-hydrogen) atoms. The third kappa shape index (κ3) is 49.6. The van der Waals surface area contributed by atoms with Gasteiger partial charge in [-0.15, -0.1) is 0 Å². The quantitative estimate of drug-likeness (QED) is 0.0215. The number of carbonyl (C=O) groups excluding carboxylic acids is 13. The number of urea groups is 1. The molecule has 0 aromatic heterocycles. The zero-order valence-electron chi connectivity index (χ0n) is 74.0. The van der Waals surface area contributed by atoms with E-state index in [1.54, 1.807) is 187 Å². The van der Waals surface area contributed by atoms with Crippen LogP contribution in [-0.2, 0) is 114 Å². The molecule has 0 aromatic rings. The molecule has 31 nitrogen and oxygen atoms in total. The van der Waals surface area contributed by atoms with Crippen LogP contribution in [0.5, 0.6) is 0 Å². The molecule has 0 saturated carbocycles. The molecule has 1 aliphatic rings. The van der Waals surface area contributed by atoms with Crippen LogP contribution in [0.3, 0.4) is 0 Å². The minimum atomic E-state index is -4.26. The molecule has 0 aromatic carbocycles. The first-order chi connectivity index (χ1) is 51.2. The lowest BCUT2D eigenvalue weighted by molar-refractivity contribution is -0.158. The molecule has 32 heteroatoms. The van der Waals surface area contributed by atoms with Crippen molar-refractivity contribution in [2.24, 2.45) is 0 Å². The van der Waals surface area contributed by atoms with Crippen LogP contribution in [-0.4, -0.2) is 200 Å². The predicted octanol–water partition coefficient (Wildman–Crippen LogP) is 11.5. The Morgan fingerprint density at radius 2 is 0.439 bits per heavy atom. The Bertz CT molecular complexity index is 2850. The number of nitrogens with one attached hydrogen (secondary N) is 4. The van der Waals surface area contributed by atoms with Gasteiger partial charge in [0.05, 0.1) is 19.3 Å². The minimum absolute atomic E-state index is 0.232. The Morgan fingerprint density at radius 3 is 0.596 bits per heavy atom. The Labute approximate surface area is 678 Å². The first kappa shape index (κ1) is 105. The average Bonchev–Trinajstić information content (AvgIpc) is 1.06. The number of ether oxygens (including phenoxy) is 9. The standard InChI is InChI=1S/C82H143N5O26S/c1-70(2,3)104-60(92)32-44-79(45-33-61(93)105-71(4,5)6,46-34-62(94)106-72(7,8)9)83-57(89)29-41-82(86-69(101)87-53-55(88)56(54-87)113-114(28,102)103,42-30-58(90)84-80(47-35-63(95)107-73(10,11)12,48-36-64(96)108-74(13,14)15)49-37-65(97)109-75(16,17)18)43-31-59(91)85-81(50-38-66(98)110-76(19,20)21,51-39-67(99)111-77(22,23)24)52-40-68(100)112-78(25,26)27/h55-56,88H,29-54H2,1-28H3,(H,83,89)(H,84,90)(H,85,91)(H,86,101)/t55-,56-/m0/s1. The van der Waals surface area contributed by atoms with Gasteiger partial charge in [-0.25, -0.2) is 4.79 Å². The van der Waals surface area contributed by atoms with Gasteiger partial charge in [0.25, 0.3) is 10.1 Å².